The van der Waals surface area contributed by atoms with Crippen molar-refractivity contribution in [1.82, 2.24) is 4.98 Å². The minimum atomic E-state index is -4.36. The standard InChI is InChI=1S/C12H9F3IN3S/c1-7-6-20-11(18-7)19-17-5-8-2-9(12(13,14)15)4-10(16)3-8/h2-6H,1H3,(H,18,19). The van der Waals surface area contributed by atoms with Crippen molar-refractivity contribution >= 4 is 45.3 Å². The van der Waals surface area contributed by atoms with E-state index in [-0.39, 0.29) is 0 Å². The van der Waals surface area contributed by atoms with Crippen LogP contribution in [0.25, 0.3) is 0 Å². The summed E-state index contributed by atoms with van der Waals surface area (Å²) >= 11 is 3.22. The summed E-state index contributed by atoms with van der Waals surface area (Å²) < 4.78 is 38.5. The molecule has 8 heteroatoms. The van der Waals surface area contributed by atoms with Gasteiger partial charge in [-0.1, -0.05) is 0 Å². The van der Waals surface area contributed by atoms with E-state index in [1.165, 1.54) is 17.6 Å². The Balaban J connectivity index is 2.15. The highest BCUT2D eigenvalue weighted by Gasteiger charge is 2.30. The number of benzene rings is 1. The molecular formula is C12H9F3IN3S. The summed E-state index contributed by atoms with van der Waals surface area (Å²) in [7, 11) is 0. The van der Waals surface area contributed by atoms with Crippen LogP contribution in [0.3, 0.4) is 0 Å². The number of aromatic nitrogens is 1. The first-order valence-corrected chi connectivity index (χ1v) is 7.39. The lowest BCUT2D eigenvalue weighted by Crippen LogP contribution is -2.06. The van der Waals surface area contributed by atoms with Gasteiger partial charge in [0, 0.05) is 8.95 Å². The Kier molecular flexibility index (Phi) is 4.63. The molecule has 20 heavy (non-hydrogen) atoms. The van der Waals surface area contributed by atoms with Crippen molar-refractivity contribution in [2.45, 2.75) is 13.1 Å². The summed E-state index contributed by atoms with van der Waals surface area (Å²) in [6.07, 6.45) is -3.02. The van der Waals surface area contributed by atoms with Crippen LogP contribution in [-0.2, 0) is 6.18 Å². The largest absolute Gasteiger partial charge is 0.416 e. The Hall–Kier alpha value is -1.16. The van der Waals surface area contributed by atoms with Crippen LogP contribution in [0.15, 0.2) is 28.7 Å². The molecule has 0 unspecified atom stereocenters. The van der Waals surface area contributed by atoms with Crippen LogP contribution in [0.5, 0.6) is 0 Å². The van der Waals surface area contributed by atoms with Crippen LogP contribution in [0.4, 0.5) is 18.3 Å². The van der Waals surface area contributed by atoms with Crippen molar-refractivity contribution in [1.29, 1.82) is 0 Å². The average Bonchev–Trinajstić information content (AvgIpc) is 2.73. The Morgan fingerprint density at radius 2 is 2.10 bits per heavy atom. The van der Waals surface area contributed by atoms with Crippen LogP contribution < -0.4 is 5.43 Å². The Morgan fingerprint density at radius 3 is 2.70 bits per heavy atom. The van der Waals surface area contributed by atoms with Gasteiger partial charge in [0.15, 0.2) is 0 Å². The van der Waals surface area contributed by atoms with Crippen molar-refractivity contribution in [3.05, 3.63) is 44.0 Å². The molecule has 0 saturated carbocycles. The highest BCUT2D eigenvalue weighted by atomic mass is 127. The van der Waals surface area contributed by atoms with Gasteiger partial charge in [0.05, 0.1) is 17.5 Å². The van der Waals surface area contributed by atoms with Crippen molar-refractivity contribution in [3.63, 3.8) is 0 Å². The first kappa shape index (κ1) is 15.2. The van der Waals surface area contributed by atoms with E-state index >= 15 is 0 Å². The molecule has 0 fully saturated rings. The summed E-state index contributed by atoms with van der Waals surface area (Å²) in [4.78, 5) is 4.13. The van der Waals surface area contributed by atoms with Crippen molar-refractivity contribution < 1.29 is 13.2 Å². The summed E-state index contributed by atoms with van der Waals surface area (Å²) in [6.45, 7) is 1.85. The van der Waals surface area contributed by atoms with Gasteiger partial charge >= 0.3 is 6.18 Å². The van der Waals surface area contributed by atoms with Gasteiger partial charge in [0.1, 0.15) is 0 Å². The zero-order chi connectivity index (χ0) is 14.8. The second-order valence-electron chi connectivity index (χ2n) is 3.94. The number of anilines is 1. The molecule has 1 aromatic heterocycles. The lowest BCUT2D eigenvalue weighted by Gasteiger charge is -2.07. The molecule has 2 rings (SSSR count). The third-order valence-corrected chi connectivity index (χ3v) is 3.73. The molecule has 0 aliphatic rings. The van der Waals surface area contributed by atoms with Gasteiger partial charge in [0.25, 0.3) is 0 Å². The molecule has 0 aliphatic heterocycles. The SMILES string of the molecule is Cc1csc(NN=Cc2cc(I)cc(C(F)(F)F)c2)n1. The van der Waals surface area contributed by atoms with Crippen molar-refractivity contribution in [2.75, 3.05) is 5.43 Å². The molecule has 0 bridgehead atoms. The minimum absolute atomic E-state index is 0.380. The zero-order valence-electron chi connectivity index (χ0n) is 10.2. The van der Waals surface area contributed by atoms with Crippen LogP contribution in [0, 0.1) is 10.5 Å². The highest BCUT2D eigenvalue weighted by molar-refractivity contribution is 14.1. The molecule has 1 N–H and O–H groups in total. The monoisotopic (exact) mass is 411 g/mol. The number of nitrogens with one attached hydrogen (secondary N) is 1. The van der Waals surface area contributed by atoms with E-state index in [4.69, 9.17) is 0 Å². The summed E-state index contributed by atoms with van der Waals surface area (Å²) in [5, 5.41) is 6.34. The Labute approximate surface area is 131 Å². The predicted octanol–water partition coefficient (Wildman–Crippen LogP) is 4.52. The molecule has 1 heterocycles. The number of nitrogens with zero attached hydrogens (tertiary/aromatic N) is 2. The summed E-state index contributed by atoms with van der Waals surface area (Å²) in [6, 6.07) is 3.77. The van der Waals surface area contributed by atoms with E-state index in [0.717, 1.165) is 17.8 Å². The number of hydrogen-bond acceptors (Lipinski definition) is 4. The quantitative estimate of drug-likeness (QED) is 0.458. The molecule has 0 atom stereocenters. The van der Waals surface area contributed by atoms with Gasteiger partial charge in [0.2, 0.25) is 5.13 Å². The Morgan fingerprint density at radius 1 is 1.35 bits per heavy atom. The molecular weight excluding hydrogens is 402 g/mol. The fourth-order valence-corrected chi connectivity index (χ4v) is 2.75. The van der Waals surface area contributed by atoms with E-state index in [1.54, 1.807) is 6.07 Å². The smallest absolute Gasteiger partial charge is 0.253 e. The fraction of sp³-hybridized carbons (Fsp3) is 0.167. The number of alkyl halides is 3. The van der Waals surface area contributed by atoms with Crippen LogP contribution in [-0.4, -0.2) is 11.2 Å². The van der Waals surface area contributed by atoms with Gasteiger partial charge in [-0.15, -0.1) is 11.3 Å². The first-order valence-electron chi connectivity index (χ1n) is 5.43. The average molecular weight is 411 g/mol. The molecule has 0 aliphatic carbocycles. The van der Waals surface area contributed by atoms with Gasteiger partial charge in [-0.25, -0.2) is 4.98 Å². The molecule has 2 aromatic rings. The summed E-state index contributed by atoms with van der Waals surface area (Å²) in [5.74, 6) is 0. The maximum absolute atomic E-state index is 12.7. The maximum atomic E-state index is 12.7. The second kappa shape index (κ2) is 6.08. The van der Waals surface area contributed by atoms with Crippen LogP contribution in [0.2, 0.25) is 0 Å². The maximum Gasteiger partial charge on any atom is 0.416 e. The van der Waals surface area contributed by atoms with Crippen molar-refractivity contribution in [3.8, 4) is 0 Å². The van der Waals surface area contributed by atoms with E-state index in [2.05, 4.69) is 15.5 Å². The molecule has 0 radical (unpaired) electrons. The summed E-state index contributed by atoms with van der Waals surface area (Å²) in [5.41, 5.74) is 3.24. The zero-order valence-corrected chi connectivity index (χ0v) is 13.2. The van der Waals surface area contributed by atoms with Crippen LogP contribution in [0.1, 0.15) is 16.8 Å². The first-order chi connectivity index (χ1) is 9.34. The number of hydrogen-bond donors (Lipinski definition) is 1. The Bertz CT molecular complexity index is 637. The molecule has 0 amide bonds. The number of thiazole rings is 1. The second-order valence-corrected chi connectivity index (χ2v) is 6.04. The normalized spacial score (nSPS) is 12.1. The molecule has 106 valence electrons. The van der Waals surface area contributed by atoms with Crippen LogP contribution >= 0.6 is 33.9 Å². The number of rotatable bonds is 3. The fourth-order valence-electron chi connectivity index (χ4n) is 1.42. The lowest BCUT2D eigenvalue weighted by atomic mass is 10.1. The van der Waals surface area contributed by atoms with Crippen molar-refractivity contribution in [2.24, 2.45) is 5.10 Å². The van der Waals surface area contributed by atoms with Gasteiger partial charge < -0.3 is 0 Å². The molecule has 0 saturated heterocycles. The van der Waals surface area contributed by atoms with E-state index in [1.807, 2.05) is 34.9 Å². The van der Waals surface area contributed by atoms with E-state index < -0.39 is 11.7 Å². The van der Waals surface area contributed by atoms with Gasteiger partial charge in [-0.3, -0.25) is 5.43 Å². The lowest BCUT2D eigenvalue weighted by molar-refractivity contribution is -0.137. The van der Waals surface area contributed by atoms with Gasteiger partial charge in [-0.05, 0) is 53.3 Å². The molecule has 1 aromatic carbocycles. The minimum Gasteiger partial charge on any atom is -0.253 e. The predicted molar refractivity (Wildman–Crippen MR) is 82.2 cm³/mol. The number of aryl methyl sites for hydroxylation is 1. The van der Waals surface area contributed by atoms with E-state index in [9.17, 15) is 13.2 Å². The number of halogens is 4. The van der Waals surface area contributed by atoms with Gasteiger partial charge in [-0.2, -0.15) is 18.3 Å². The van der Waals surface area contributed by atoms with E-state index in [0.29, 0.717) is 14.3 Å². The number of hydrazone groups is 1. The molecule has 0 spiro atoms. The third kappa shape index (κ3) is 4.17. The highest BCUT2D eigenvalue weighted by Crippen LogP contribution is 2.30. The third-order valence-electron chi connectivity index (χ3n) is 2.24. The molecule has 3 nitrogen and oxygen atoms in total. The topological polar surface area (TPSA) is 37.3 Å².